The lowest BCUT2D eigenvalue weighted by Gasteiger charge is -2.39. The lowest BCUT2D eigenvalue weighted by atomic mass is 9.69. The summed E-state index contributed by atoms with van der Waals surface area (Å²) in [7, 11) is 0. The van der Waals surface area contributed by atoms with Crippen LogP contribution in [0, 0.1) is 22.6 Å². The van der Waals surface area contributed by atoms with Gasteiger partial charge in [-0.05, 0) is 53.7 Å². The van der Waals surface area contributed by atoms with Crippen molar-refractivity contribution in [2.75, 3.05) is 0 Å². The van der Waals surface area contributed by atoms with Crippen LogP contribution in [0.5, 0.6) is 0 Å². The molecule has 2 aliphatic rings. The molecule has 2 aliphatic carbocycles. The van der Waals surface area contributed by atoms with Gasteiger partial charge in [0.25, 0.3) is 0 Å². The van der Waals surface area contributed by atoms with Crippen LogP contribution in [0.3, 0.4) is 0 Å². The van der Waals surface area contributed by atoms with E-state index in [0.29, 0.717) is 16.9 Å². The molecule has 0 aliphatic heterocycles. The Balaban J connectivity index is 1.69. The Labute approximate surface area is 125 Å². The normalized spacial score (nSPS) is 34.6. The molecule has 0 amide bonds. The predicted molar refractivity (Wildman–Crippen MR) is 81.3 cm³/mol. The third-order valence-electron chi connectivity index (χ3n) is 6.33. The molecule has 2 bridgehead atoms. The SMILES string of the molecule is CC1(C)C2CCC1(C)C(NCc1ccc(Cl)c(F)c1)C2. The molecule has 3 unspecified atom stereocenters. The number of hydrogen-bond acceptors (Lipinski definition) is 1. The van der Waals surface area contributed by atoms with Gasteiger partial charge in [-0.2, -0.15) is 0 Å². The zero-order valence-electron chi connectivity index (χ0n) is 12.5. The topological polar surface area (TPSA) is 12.0 Å². The third-order valence-corrected chi connectivity index (χ3v) is 6.64. The molecule has 1 nitrogen and oxygen atoms in total. The van der Waals surface area contributed by atoms with Gasteiger partial charge in [-0.3, -0.25) is 0 Å². The van der Waals surface area contributed by atoms with E-state index in [1.165, 1.54) is 25.3 Å². The molecule has 3 rings (SSSR count). The molecule has 2 fully saturated rings. The Kier molecular flexibility index (Phi) is 3.38. The number of halogens is 2. The zero-order chi connectivity index (χ0) is 14.5. The molecule has 0 saturated heterocycles. The van der Waals surface area contributed by atoms with Crippen molar-refractivity contribution in [3.63, 3.8) is 0 Å². The maximum Gasteiger partial charge on any atom is 0.142 e. The summed E-state index contributed by atoms with van der Waals surface area (Å²) < 4.78 is 13.5. The first-order valence-corrected chi connectivity index (χ1v) is 7.90. The quantitative estimate of drug-likeness (QED) is 0.846. The van der Waals surface area contributed by atoms with E-state index < -0.39 is 0 Å². The van der Waals surface area contributed by atoms with E-state index in [-0.39, 0.29) is 10.8 Å². The van der Waals surface area contributed by atoms with E-state index in [4.69, 9.17) is 11.6 Å². The molecule has 0 heterocycles. The van der Waals surface area contributed by atoms with Crippen molar-refractivity contribution in [3.05, 3.63) is 34.6 Å². The van der Waals surface area contributed by atoms with Gasteiger partial charge in [0.1, 0.15) is 5.82 Å². The lowest BCUT2D eigenvalue weighted by Crippen LogP contribution is -2.44. The van der Waals surface area contributed by atoms with Crippen LogP contribution in [0.25, 0.3) is 0 Å². The molecule has 1 N–H and O–H groups in total. The largest absolute Gasteiger partial charge is 0.309 e. The van der Waals surface area contributed by atoms with Crippen molar-refractivity contribution in [2.24, 2.45) is 16.7 Å². The van der Waals surface area contributed by atoms with Crippen molar-refractivity contribution in [1.82, 2.24) is 5.32 Å². The third kappa shape index (κ3) is 2.00. The Morgan fingerprint density at radius 1 is 1.35 bits per heavy atom. The van der Waals surface area contributed by atoms with Gasteiger partial charge in [0, 0.05) is 12.6 Å². The first kappa shape index (κ1) is 14.3. The van der Waals surface area contributed by atoms with Crippen molar-refractivity contribution in [3.8, 4) is 0 Å². The highest BCUT2D eigenvalue weighted by molar-refractivity contribution is 6.30. The second-order valence-electron chi connectivity index (χ2n) is 7.29. The summed E-state index contributed by atoms with van der Waals surface area (Å²) in [4.78, 5) is 0. The maximum atomic E-state index is 13.5. The van der Waals surface area contributed by atoms with E-state index in [1.807, 2.05) is 6.07 Å². The molecule has 0 radical (unpaired) electrons. The van der Waals surface area contributed by atoms with Gasteiger partial charge >= 0.3 is 0 Å². The highest BCUT2D eigenvalue weighted by atomic mass is 35.5. The molecule has 1 aromatic carbocycles. The molecular weight excluding hydrogens is 273 g/mol. The van der Waals surface area contributed by atoms with E-state index in [1.54, 1.807) is 6.07 Å². The van der Waals surface area contributed by atoms with Gasteiger partial charge < -0.3 is 5.32 Å². The van der Waals surface area contributed by atoms with Crippen LogP contribution >= 0.6 is 11.6 Å². The van der Waals surface area contributed by atoms with Gasteiger partial charge in [-0.25, -0.2) is 4.39 Å². The van der Waals surface area contributed by atoms with Gasteiger partial charge in [0.05, 0.1) is 5.02 Å². The van der Waals surface area contributed by atoms with Gasteiger partial charge in [0.2, 0.25) is 0 Å². The summed E-state index contributed by atoms with van der Waals surface area (Å²) in [6.45, 7) is 7.96. The number of fused-ring (bicyclic) bond motifs is 2. The van der Waals surface area contributed by atoms with Crippen LogP contribution in [-0.4, -0.2) is 6.04 Å². The lowest BCUT2D eigenvalue weighted by molar-refractivity contribution is 0.120. The Morgan fingerprint density at radius 3 is 2.65 bits per heavy atom. The van der Waals surface area contributed by atoms with Crippen LogP contribution in [0.2, 0.25) is 5.02 Å². The minimum Gasteiger partial charge on any atom is -0.309 e. The van der Waals surface area contributed by atoms with Crippen LogP contribution in [-0.2, 0) is 6.54 Å². The van der Waals surface area contributed by atoms with Gasteiger partial charge in [0.15, 0.2) is 0 Å². The number of nitrogens with one attached hydrogen (secondary N) is 1. The predicted octanol–water partition coefficient (Wildman–Crippen LogP) is 4.78. The monoisotopic (exact) mass is 295 g/mol. The zero-order valence-corrected chi connectivity index (χ0v) is 13.2. The summed E-state index contributed by atoms with van der Waals surface area (Å²) >= 11 is 5.72. The summed E-state index contributed by atoms with van der Waals surface area (Å²) in [5.41, 5.74) is 1.74. The van der Waals surface area contributed by atoms with Crippen LogP contribution < -0.4 is 5.32 Å². The minimum atomic E-state index is -0.328. The van der Waals surface area contributed by atoms with Gasteiger partial charge in [-0.15, -0.1) is 0 Å². The average Bonchev–Trinajstić information content (AvgIpc) is 2.73. The first-order chi connectivity index (χ1) is 9.34. The molecule has 2 saturated carbocycles. The van der Waals surface area contributed by atoms with E-state index in [9.17, 15) is 4.39 Å². The summed E-state index contributed by atoms with van der Waals surface area (Å²) in [6, 6.07) is 5.62. The minimum absolute atomic E-state index is 0.196. The number of rotatable bonds is 3. The fraction of sp³-hybridized carbons (Fsp3) is 0.647. The molecule has 20 heavy (non-hydrogen) atoms. The fourth-order valence-electron chi connectivity index (χ4n) is 4.40. The van der Waals surface area contributed by atoms with Crippen LogP contribution in [0.4, 0.5) is 4.39 Å². The summed E-state index contributed by atoms with van der Waals surface area (Å²) in [5.74, 6) is 0.498. The highest BCUT2D eigenvalue weighted by Crippen LogP contribution is 2.65. The summed E-state index contributed by atoms with van der Waals surface area (Å²) in [5, 5.41) is 3.86. The maximum absolute atomic E-state index is 13.5. The molecule has 3 heteroatoms. The molecule has 0 aromatic heterocycles. The second-order valence-corrected chi connectivity index (χ2v) is 7.70. The number of benzene rings is 1. The van der Waals surface area contributed by atoms with Crippen molar-refractivity contribution in [2.45, 2.75) is 52.6 Å². The van der Waals surface area contributed by atoms with Crippen molar-refractivity contribution < 1.29 is 4.39 Å². The average molecular weight is 296 g/mol. The first-order valence-electron chi connectivity index (χ1n) is 7.52. The highest BCUT2D eigenvalue weighted by Gasteiger charge is 2.60. The van der Waals surface area contributed by atoms with Gasteiger partial charge in [-0.1, -0.05) is 38.4 Å². The molecule has 1 aromatic rings. The van der Waals surface area contributed by atoms with Crippen molar-refractivity contribution in [1.29, 1.82) is 0 Å². The smallest absolute Gasteiger partial charge is 0.142 e. The summed E-state index contributed by atoms with van der Waals surface area (Å²) in [6.07, 6.45) is 3.91. The van der Waals surface area contributed by atoms with Crippen LogP contribution in [0.1, 0.15) is 45.6 Å². The van der Waals surface area contributed by atoms with Crippen LogP contribution in [0.15, 0.2) is 18.2 Å². The Bertz CT molecular complexity index is 528. The Morgan fingerprint density at radius 2 is 2.10 bits per heavy atom. The van der Waals surface area contributed by atoms with E-state index in [0.717, 1.165) is 18.0 Å². The Hall–Kier alpha value is -0.600. The van der Waals surface area contributed by atoms with E-state index in [2.05, 4.69) is 26.1 Å². The second kappa shape index (κ2) is 4.71. The molecular formula is C17H23ClFN. The number of hydrogen-bond donors (Lipinski definition) is 1. The fourth-order valence-corrected chi connectivity index (χ4v) is 4.52. The van der Waals surface area contributed by atoms with E-state index >= 15 is 0 Å². The molecule has 110 valence electrons. The molecule has 3 atom stereocenters. The molecule has 0 spiro atoms. The van der Waals surface area contributed by atoms with Crippen molar-refractivity contribution >= 4 is 11.6 Å². The standard InChI is InChI=1S/C17H23ClFN/c1-16(2)12-6-7-17(16,3)15(9-12)20-10-11-4-5-13(18)14(19)8-11/h4-5,8,12,15,20H,6-7,9-10H2,1-3H3.